The molecule has 4 aromatic rings. The third-order valence-corrected chi connectivity index (χ3v) is 6.54. The second-order valence-electron chi connectivity index (χ2n) is 8.86. The van der Waals surface area contributed by atoms with Crippen molar-refractivity contribution >= 4 is 17.0 Å². The van der Waals surface area contributed by atoms with E-state index in [4.69, 9.17) is 0 Å². The SMILES string of the molecule is CC1CC=C(NC(=O)c2cnc3c(c2)C(c2ccn4ncc(-c5cccnc5)c4c2)=CC3)C=C1F. The Morgan fingerprint density at radius 1 is 1.11 bits per heavy atom. The Morgan fingerprint density at radius 3 is 2.86 bits per heavy atom. The zero-order valence-electron chi connectivity index (χ0n) is 19.1. The van der Waals surface area contributed by atoms with Crippen molar-refractivity contribution in [1.29, 1.82) is 0 Å². The first-order valence-electron chi connectivity index (χ1n) is 11.5. The van der Waals surface area contributed by atoms with E-state index < -0.39 is 0 Å². The van der Waals surface area contributed by atoms with E-state index in [1.165, 1.54) is 6.08 Å². The highest BCUT2D eigenvalue weighted by molar-refractivity contribution is 5.97. The number of amides is 1. The summed E-state index contributed by atoms with van der Waals surface area (Å²) >= 11 is 0. The average Bonchev–Trinajstić information content (AvgIpc) is 3.50. The highest BCUT2D eigenvalue weighted by Crippen LogP contribution is 2.34. The fourth-order valence-corrected chi connectivity index (χ4v) is 4.54. The second-order valence-corrected chi connectivity index (χ2v) is 8.86. The molecule has 35 heavy (non-hydrogen) atoms. The van der Waals surface area contributed by atoms with Crippen molar-refractivity contribution in [3.63, 3.8) is 0 Å². The number of fused-ring (bicyclic) bond motifs is 2. The maximum absolute atomic E-state index is 14.0. The van der Waals surface area contributed by atoms with Gasteiger partial charge in [-0.3, -0.25) is 14.8 Å². The van der Waals surface area contributed by atoms with Crippen LogP contribution in [0.25, 0.3) is 22.2 Å². The molecule has 0 aromatic carbocycles. The molecule has 2 aliphatic carbocycles. The first kappa shape index (κ1) is 21.2. The maximum atomic E-state index is 14.0. The summed E-state index contributed by atoms with van der Waals surface area (Å²) in [5.41, 5.74) is 7.79. The van der Waals surface area contributed by atoms with E-state index in [2.05, 4.69) is 32.5 Å². The summed E-state index contributed by atoms with van der Waals surface area (Å²) in [5, 5.41) is 7.28. The third kappa shape index (κ3) is 3.85. The van der Waals surface area contributed by atoms with Crippen molar-refractivity contribution in [3.05, 3.63) is 113 Å². The molecule has 1 N–H and O–H groups in total. The van der Waals surface area contributed by atoms with Gasteiger partial charge in [0.2, 0.25) is 0 Å². The maximum Gasteiger partial charge on any atom is 0.257 e. The molecule has 6 rings (SSSR count). The lowest BCUT2D eigenvalue weighted by Gasteiger charge is -2.15. The van der Waals surface area contributed by atoms with E-state index in [0.29, 0.717) is 24.1 Å². The molecule has 0 saturated heterocycles. The van der Waals surface area contributed by atoms with Crippen LogP contribution in [0.15, 0.2) is 91.1 Å². The molecule has 1 atom stereocenters. The number of aromatic nitrogens is 4. The van der Waals surface area contributed by atoms with Gasteiger partial charge in [0.15, 0.2) is 0 Å². The Balaban J connectivity index is 1.32. The van der Waals surface area contributed by atoms with E-state index in [0.717, 1.165) is 39.0 Å². The number of carbonyl (C=O) groups excluding carboxylic acids is 1. The number of allylic oxidation sites excluding steroid dienone is 4. The van der Waals surface area contributed by atoms with Crippen LogP contribution in [0.4, 0.5) is 4.39 Å². The van der Waals surface area contributed by atoms with Gasteiger partial charge in [0, 0.05) is 59.5 Å². The number of rotatable bonds is 4. The average molecular weight is 464 g/mol. The summed E-state index contributed by atoms with van der Waals surface area (Å²) in [6.45, 7) is 1.82. The summed E-state index contributed by atoms with van der Waals surface area (Å²) in [5.74, 6) is -0.681. The molecule has 0 fully saturated rings. The molecular formula is C28H22FN5O. The largest absolute Gasteiger partial charge is 0.322 e. The lowest BCUT2D eigenvalue weighted by molar-refractivity contribution is 0.0966. The van der Waals surface area contributed by atoms with Gasteiger partial charge in [-0.05, 0) is 47.9 Å². The van der Waals surface area contributed by atoms with Crippen LogP contribution in [0, 0.1) is 5.92 Å². The van der Waals surface area contributed by atoms with Gasteiger partial charge in [0.1, 0.15) is 5.83 Å². The smallest absolute Gasteiger partial charge is 0.257 e. The van der Waals surface area contributed by atoms with Crippen LogP contribution in [0.2, 0.25) is 0 Å². The van der Waals surface area contributed by atoms with Gasteiger partial charge >= 0.3 is 0 Å². The molecule has 6 nitrogen and oxygen atoms in total. The van der Waals surface area contributed by atoms with Crippen LogP contribution in [0.3, 0.4) is 0 Å². The molecular weight excluding hydrogens is 441 g/mol. The predicted molar refractivity (Wildman–Crippen MR) is 132 cm³/mol. The first-order chi connectivity index (χ1) is 17.1. The van der Waals surface area contributed by atoms with Crippen molar-refractivity contribution in [2.75, 3.05) is 0 Å². The van der Waals surface area contributed by atoms with Gasteiger partial charge in [-0.15, -0.1) is 0 Å². The minimum Gasteiger partial charge on any atom is -0.322 e. The van der Waals surface area contributed by atoms with E-state index in [-0.39, 0.29) is 17.7 Å². The van der Waals surface area contributed by atoms with Crippen LogP contribution in [-0.2, 0) is 6.42 Å². The van der Waals surface area contributed by atoms with Gasteiger partial charge in [-0.2, -0.15) is 5.10 Å². The Labute approximate surface area is 201 Å². The number of carbonyl (C=O) groups is 1. The summed E-state index contributed by atoms with van der Waals surface area (Å²) in [6, 6.07) is 9.90. The van der Waals surface area contributed by atoms with Gasteiger partial charge in [-0.25, -0.2) is 8.91 Å². The summed E-state index contributed by atoms with van der Waals surface area (Å²) < 4.78 is 15.8. The molecule has 2 aliphatic rings. The molecule has 0 radical (unpaired) electrons. The van der Waals surface area contributed by atoms with Crippen molar-refractivity contribution in [2.24, 2.45) is 5.92 Å². The Morgan fingerprint density at radius 2 is 2.03 bits per heavy atom. The molecule has 0 spiro atoms. The normalized spacial score (nSPS) is 17.0. The zero-order valence-corrected chi connectivity index (χ0v) is 19.1. The molecule has 0 bridgehead atoms. The van der Waals surface area contributed by atoms with Crippen LogP contribution in [0.5, 0.6) is 0 Å². The van der Waals surface area contributed by atoms with Crippen molar-refractivity contribution in [3.8, 4) is 11.1 Å². The third-order valence-electron chi connectivity index (χ3n) is 6.54. The molecule has 4 heterocycles. The van der Waals surface area contributed by atoms with Gasteiger partial charge in [-0.1, -0.05) is 25.1 Å². The topological polar surface area (TPSA) is 72.2 Å². The molecule has 4 aromatic heterocycles. The summed E-state index contributed by atoms with van der Waals surface area (Å²) in [6.07, 6.45) is 15.6. The van der Waals surface area contributed by atoms with Gasteiger partial charge in [0.25, 0.3) is 5.91 Å². The lowest BCUT2D eigenvalue weighted by atomic mass is 9.99. The number of halogens is 1. The minimum absolute atomic E-state index is 0.156. The van der Waals surface area contributed by atoms with Crippen LogP contribution in [-0.4, -0.2) is 25.5 Å². The highest BCUT2D eigenvalue weighted by atomic mass is 19.1. The number of hydrogen-bond acceptors (Lipinski definition) is 4. The van der Waals surface area contributed by atoms with Crippen LogP contribution in [0.1, 0.15) is 40.5 Å². The Hall–Kier alpha value is -4.39. The van der Waals surface area contributed by atoms with E-state index in [9.17, 15) is 9.18 Å². The number of hydrogen-bond donors (Lipinski definition) is 1. The highest BCUT2D eigenvalue weighted by Gasteiger charge is 2.21. The molecule has 0 aliphatic heterocycles. The number of nitrogens with zero attached hydrogens (tertiary/aromatic N) is 4. The summed E-state index contributed by atoms with van der Waals surface area (Å²) in [4.78, 5) is 21.7. The Bertz CT molecular complexity index is 1570. The quantitative estimate of drug-likeness (QED) is 0.447. The second kappa shape index (κ2) is 8.43. The molecule has 172 valence electrons. The predicted octanol–water partition coefficient (Wildman–Crippen LogP) is 5.29. The van der Waals surface area contributed by atoms with Crippen molar-refractivity contribution in [1.82, 2.24) is 24.9 Å². The standard InChI is InChI=1S/C28H22FN5O/c1-17-4-5-21(13-25(17)29)33-28(35)20-11-23-22(6-7-26(23)31-15-20)18-8-10-34-27(12-18)24(16-32-34)19-3-2-9-30-14-19/h2-3,5-6,8-17H,4,7H2,1H3,(H,33,35). The number of nitrogens with one attached hydrogen (secondary N) is 1. The number of pyridine rings is 3. The van der Waals surface area contributed by atoms with E-state index in [1.54, 1.807) is 12.4 Å². The molecule has 0 saturated carbocycles. The van der Waals surface area contributed by atoms with Crippen LogP contribution >= 0.6 is 0 Å². The van der Waals surface area contributed by atoms with Gasteiger partial charge < -0.3 is 5.32 Å². The van der Waals surface area contributed by atoms with Crippen molar-refractivity contribution < 1.29 is 9.18 Å². The van der Waals surface area contributed by atoms with E-state index in [1.807, 2.05) is 60.4 Å². The monoisotopic (exact) mass is 463 g/mol. The zero-order chi connectivity index (χ0) is 23.9. The van der Waals surface area contributed by atoms with Crippen molar-refractivity contribution in [2.45, 2.75) is 19.8 Å². The first-order valence-corrected chi connectivity index (χ1v) is 11.5. The van der Waals surface area contributed by atoms with E-state index >= 15 is 0 Å². The minimum atomic E-state index is -0.304. The summed E-state index contributed by atoms with van der Waals surface area (Å²) in [7, 11) is 0. The molecule has 1 amide bonds. The van der Waals surface area contributed by atoms with Crippen LogP contribution < -0.4 is 5.32 Å². The Kier molecular flexibility index (Phi) is 5.10. The molecule has 1 unspecified atom stereocenters. The lowest BCUT2D eigenvalue weighted by Crippen LogP contribution is -2.24. The fraction of sp³-hybridized carbons (Fsp3) is 0.143. The van der Waals surface area contributed by atoms with Gasteiger partial charge in [0.05, 0.1) is 23.0 Å². The molecule has 7 heteroatoms. The fourth-order valence-electron chi connectivity index (χ4n) is 4.54.